The summed E-state index contributed by atoms with van der Waals surface area (Å²) in [6.45, 7) is 3.48. The minimum Gasteiger partial charge on any atom is -0.478 e. The second kappa shape index (κ2) is 7.35. The summed E-state index contributed by atoms with van der Waals surface area (Å²) in [5, 5.41) is 18.4. The number of carboxylic acids is 1. The third-order valence-corrected chi connectivity index (χ3v) is 5.48. The first-order chi connectivity index (χ1) is 9.69. The van der Waals surface area contributed by atoms with E-state index >= 15 is 0 Å². The first kappa shape index (κ1) is 18.1. The number of benzene rings is 1. The molecule has 0 saturated heterocycles. The van der Waals surface area contributed by atoms with E-state index in [0.717, 1.165) is 6.07 Å². The highest BCUT2D eigenvalue weighted by molar-refractivity contribution is 9.10. The molecule has 0 spiro atoms. The van der Waals surface area contributed by atoms with Gasteiger partial charge in [0.1, 0.15) is 0 Å². The molecule has 0 bridgehead atoms. The number of rotatable bonds is 7. The normalized spacial score (nSPS) is 13.1. The van der Waals surface area contributed by atoms with E-state index in [1.54, 1.807) is 13.8 Å². The smallest absolute Gasteiger partial charge is 0.335 e. The molecule has 1 rings (SSSR count). The second-order valence-corrected chi connectivity index (χ2v) is 7.22. The molecule has 1 unspecified atom stereocenters. The third-order valence-electron chi connectivity index (χ3n) is 3.07. The summed E-state index contributed by atoms with van der Waals surface area (Å²) < 4.78 is 27.3. The van der Waals surface area contributed by atoms with Gasteiger partial charge in [-0.05, 0) is 37.5 Å². The molecule has 3 N–H and O–H groups in total. The van der Waals surface area contributed by atoms with Crippen LogP contribution in [0.2, 0.25) is 0 Å². The third kappa shape index (κ3) is 4.77. The lowest BCUT2D eigenvalue weighted by molar-refractivity contribution is 0.0696. The van der Waals surface area contributed by atoms with Crippen LogP contribution in [0.25, 0.3) is 0 Å². The van der Waals surface area contributed by atoms with Crippen molar-refractivity contribution >= 4 is 31.9 Å². The van der Waals surface area contributed by atoms with Crippen LogP contribution in [0, 0.1) is 6.92 Å². The van der Waals surface area contributed by atoms with Crippen LogP contribution in [-0.4, -0.2) is 37.2 Å². The van der Waals surface area contributed by atoms with Crippen LogP contribution < -0.4 is 4.72 Å². The quantitative estimate of drug-likeness (QED) is 0.670. The van der Waals surface area contributed by atoms with Crippen LogP contribution in [0.1, 0.15) is 35.7 Å². The molecule has 0 radical (unpaired) electrons. The summed E-state index contributed by atoms with van der Waals surface area (Å²) in [6.07, 6.45) is 0.279. The number of aliphatic hydroxyl groups excluding tert-OH is 1. The maximum absolute atomic E-state index is 12.2. The molecule has 0 aliphatic heterocycles. The zero-order chi connectivity index (χ0) is 16.2. The first-order valence-corrected chi connectivity index (χ1v) is 8.67. The van der Waals surface area contributed by atoms with Gasteiger partial charge in [-0.25, -0.2) is 17.9 Å². The topological polar surface area (TPSA) is 104 Å². The molecule has 0 aromatic heterocycles. The van der Waals surface area contributed by atoms with Gasteiger partial charge < -0.3 is 10.2 Å². The van der Waals surface area contributed by atoms with Crippen molar-refractivity contribution in [3.63, 3.8) is 0 Å². The Morgan fingerprint density at radius 2 is 2.05 bits per heavy atom. The average Bonchev–Trinajstić information content (AvgIpc) is 2.40. The number of carboxylic acid groups (broad SMARTS) is 1. The van der Waals surface area contributed by atoms with Crippen molar-refractivity contribution in [1.82, 2.24) is 4.72 Å². The van der Waals surface area contributed by atoms with E-state index in [4.69, 9.17) is 5.11 Å². The van der Waals surface area contributed by atoms with E-state index in [9.17, 15) is 18.3 Å². The number of hydrogen-bond donors (Lipinski definition) is 3. The first-order valence-electron chi connectivity index (χ1n) is 6.40. The Morgan fingerprint density at radius 1 is 1.43 bits per heavy atom. The molecule has 0 fully saturated rings. The molecule has 8 heteroatoms. The maximum atomic E-state index is 12.2. The molecule has 0 saturated carbocycles. The second-order valence-electron chi connectivity index (χ2n) is 4.63. The number of nitrogens with one attached hydrogen (secondary N) is 1. The summed E-state index contributed by atoms with van der Waals surface area (Å²) in [5.41, 5.74) is 0.324. The lowest BCUT2D eigenvalue weighted by Crippen LogP contribution is -2.28. The standard InChI is InChI=1S/C13H18BrNO5S/c1-3-10(16)4-5-15-21(19,20)12-7-9(13(17)18)6-11(14)8(12)2/h6-7,10,15-16H,3-5H2,1-2H3,(H,17,18). The van der Waals surface area contributed by atoms with Gasteiger partial charge in [-0.1, -0.05) is 22.9 Å². The zero-order valence-electron chi connectivity index (χ0n) is 11.8. The van der Waals surface area contributed by atoms with Gasteiger partial charge >= 0.3 is 5.97 Å². The van der Waals surface area contributed by atoms with Crippen molar-refractivity contribution in [3.8, 4) is 0 Å². The monoisotopic (exact) mass is 379 g/mol. The Kier molecular flexibility index (Phi) is 6.33. The number of aromatic carboxylic acids is 1. The maximum Gasteiger partial charge on any atom is 0.335 e. The highest BCUT2D eigenvalue weighted by Crippen LogP contribution is 2.25. The van der Waals surface area contributed by atoms with E-state index < -0.39 is 22.1 Å². The molecule has 6 nitrogen and oxygen atoms in total. The number of halogens is 1. The predicted molar refractivity (Wildman–Crippen MR) is 81.9 cm³/mol. The minimum absolute atomic E-state index is 0.0831. The molecular formula is C13H18BrNO5S. The van der Waals surface area contributed by atoms with Gasteiger partial charge in [0.2, 0.25) is 10.0 Å². The summed E-state index contributed by atoms with van der Waals surface area (Å²) >= 11 is 3.16. The molecule has 0 aliphatic carbocycles. The Balaban J connectivity index is 3.05. The molecule has 1 aromatic carbocycles. The highest BCUT2D eigenvalue weighted by atomic mass is 79.9. The van der Waals surface area contributed by atoms with E-state index in [-0.39, 0.29) is 17.0 Å². The Labute approximate surface area is 132 Å². The predicted octanol–water partition coefficient (Wildman–Crippen LogP) is 1.90. The van der Waals surface area contributed by atoms with Crippen molar-refractivity contribution in [1.29, 1.82) is 0 Å². The lowest BCUT2D eigenvalue weighted by Gasteiger charge is -2.13. The van der Waals surface area contributed by atoms with Crippen LogP contribution in [-0.2, 0) is 10.0 Å². The molecule has 1 atom stereocenters. The average molecular weight is 380 g/mol. The van der Waals surface area contributed by atoms with Gasteiger partial charge in [-0.3, -0.25) is 0 Å². The van der Waals surface area contributed by atoms with Crippen molar-refractivity contribution in [2.24, 2.45) is 0 Å². The largest absolute Gasteiger partial charge is 0.478 e. The fraction of sp³-hybridized carbons (Fsp3) is 0.462. The van der Waals surface area contributed by atoms with E-state index in [1.807, 2.05) is 0 Å². The summed E-state index contributed by atoms with van der Waals surface area (Å²) in [5.74, 6) is -1.20. The van der Waals surface area contributed by atoms with Gasteiger partial charge in [0, 0.05) is 11.0 Å². The molecule has 0 amide bonds. The van der Waals surface area contributed by atoms with Crippen molar-refractivity contribution in [3.05, 3.63) is 27.7 Å². The number of sulfonamides is 1. The molecule has 118 valence electrons. The van der Waals surface area contributed by atoms with Gasteiger partial charge in [0.15, 0.2) is 0 Å². The van der Waals surface area contributed by atoms with Crippen LogP contribution >= 0.6 is 15.9 Å². The molecule has 1 aromatic rings. The van der Waals surface area contributed by atoms with Crippen LogP contribution in [0.5, 0.6) is 0 Å². The van der Waals surface area contributed by atoms with Gasteiger partial charge in [-0.2, -0.15) is 0 Å². The Morgan fingerprint density at radius 3 is 2.57 bits per heavy atom. The van der Waals surface area contributed by atoms with Crippen molar-refractivity contribution in [2.75, 3.05) is 6.54 Å². The fourth-order valence-electron chi connectivity index (χ4n) is 1.70. The highest BCUT2D eigenvalue weighted by Gasteiger charge is 2.21. The zero-order valence-corrected chi connectivity index (χ0v) is 14.2. The van der Waals surface area contributed by atoms with Gasteiger partial charge in [0.25, 0.3) is 0 Å². The molecular weight excluding hydrogens is 362 g/mol. The van der Waals surface area contributed by atoms with Crippen molar-refractivity contribution < 1.29 is 23.4 Å². The number of aliphatic hydroxyl groups is 1. The van der Waals surface area contributed by atoms with Crippen LogP contribution in [0.15, 0.2) is 21.5 Å². The van der Waals surface area contributed by atoms with Crippen LogP contribution in [0.4, 0.5) is 0 Å². The Bertz CT molecular complexity index is 630. The number of carbonyl (C=O) groups is 1. The lowest BCUT2D eigenvalue weighted by atomic mass is 10.1. The van der Waals surface area contributed by atoms with Gasteiger partial charge in [0.05, 0.1) is 16.6 Å². The summed E-state index contributed by atoms with van der Waals surface area (Å²) in [6, 6.07) is 2.48. The van der Waals surface area contributed by atoms with E-state index in [0.29, 0.717) is 22.9 Å². The molecule has 0 heterocycles. The van der Waals surface area contributed by atoms with Gasteiger partial charge in [-0.15, -0.1) is 0 Å². The summed E-state index contributed by atoms with van der Waals surface area (Å²) in [4.78, 5) is 10.9. The van der Waals surface area contributed by atoms with Crippen LogP contribution in [0.3, 0.4) is 0 Å². The molecule has 21 heavy (non-hydrogen) atoms. The summed E-state index contributed by atoms with van der Waals surface area (Å²) in [7, 11) is -3.83. The SMILES string of the molecule is CCC(O)CCNS(=O)(=O)c1cc(C(=O)O)cc(Br)c1C. The minimum atomic E-state index is -3.83. The Hall–Kier alpha value is -0.960. The fourth-order valence-corrected chi connectivity index (χ4v) is 3.63. The molecule has 0 aliphatic rings. The van der Waals surface area contributed by atoms with E-state index in [1.165, 1.54) is 6.07 Å². The van der Waals surface area contributed by atoms with Crippen molar-refractivity contribution in [2.45, 2.75) is 37.7 Å². The number of hydrogen-bond acceptors (Lipinski definition) is 4. The van der Waals surface area contributed by atoms with E-state index in [2.05, 4.69) is 20.7 Å².